The average Bonchev–Trinajstić information content (AvgIpc) is 3.43. The maximum absolute atomic E-state index is 10.8. The molecule has 0 saturated carbocycles. The van der Waals surface area contributed by atoms with E-state index in [9.17, 15) is 10.2 Å². The number of benzene rings is 3. The quantitative estimate of drug-likeness (QED) is 0.292. The van der Waals surface area contributed by atoms with Gasteiger partial charge >= 0.3 is 14.2 Å². The van der Waals surface area contributed by atoms with E-state index in [1.54, 1.807) is 6.07 Å². The normalized spacial score (nSPS) is 22.6. The van der Waals surface area contributed by atoms with Crippen LogP contribution in [0.1, 0.15) is 97.8 Å². The third-order valence-electron chi connectivity index (χ3n) is 10.7. The van der Waals surface area contributed by atoms with Gasteiger partial charge in [-0.1, -0.05) is 42.5 Å². The Kier molecular flexibility index (Phi) is 7.25. The van der Waals surface area contributed by atoms with Crippen LogP contribution >= 0.6 is 0 Å². The SMILES string of the molecule is CCOC(O)c1cc(C2(C)c3cc(B4OC(C)(C)C(C)(C)O4)ccc3-c3ccc(B4OC(C)(C)C(C)(C)O4)cc32)ccc1O. The molecule has 7 nitrogen and oxygen atoms in total. The molecule has 2 heterocycles. The number of aromatic hydroxyl groups is 1. The molecule has 0 radical (unpaired) electrons. The summed E-state index contributed by atoms with van der Waals surface area (Å²) in [6, 6.07) is 18.2. The van der Waals surface area contributed by atoms with Gasteiger partial charge in [-0.05, 0) is 120 Å². The van der Waals surface area contributed by atoms with E-state index < -0.39 is 48.3 Å². The zero-order valence-electron chi connectivity index (χ0n) is 27.6. The summed E-state index contributed by atoms with van der Waals surface area (Å²) in [4.78, 5) is 0. The lowest BCUT2D eigenvalue weighted by molar-refractivity contribution is -0.0990. The van der Waals surface area contributed by atoms with Crippen LogP contribution in [0.5, 0.6) is 5.75 Å². The largest absolute Gasteiger partial charge is 0.507 e. The Morgan fingerprint density at radius 1 is 0.659 bits per heavy atom. The molecule has 6 rings (SSSR count). The lowest BCUT2D eigenvalue weighted by Gasteiger charge is -2.32. The number of fused-ring (bicyclic) bond motifs is 3. The Morgan fingerprint density at radius 2 is 1.09 bits per heavy atom. The Hall–Kier alpha value is -2.65. The summed E-state index contributed by atoms with van der Waals surface area (Å²) in [5, 5.41) is 21.5. The highest BCUT2D eigenvalue weighted by Gasteiger charge is 2.54. The zero-order valence-corrected chi connectivity index (χ0v) is 27.6. The second kappa shape index (κ2) is 10.2. The molecule has 1 aliphatic carbocycles. The van der Waals surface area contributed by atoms with Gasteiger partial charge in [-0.15, -0.1) is 0 Å². The van der Waals surface area contributed by atoms with Crippen LogP contribution in [0.3, 0.4) is 0 Å². The van der Waals surface area contributed by atoms with Gasteiger partial charge in [0.05, 0.1) is 22.4 Å². The molecule has 0 aromatic heterocycles. The van der Waals surface area contributed by atoms with Crippen molar-refractivity contribution in [3.63, 3.8) is 0 Å². The molecule has 1 atom stereocenters. The number of aliphatic hydroxyl groups excluding tert-OH is 1. The summed E-state index contributed by atoms with van der Waals surface area (Å²) in [7, 11) is -1.04. The van der Waals surface area contributed by atoms with Crippen LogP contribution in [-0.2, 0) is 28.8 Å². The van der Waals surface area contributed by atoms with Crippen LogP contribution in [0.4, 0.5) is 0 Å². The summed E-state index contributed by atoms with van der Waals surface area (Å²) in [5.74, 6) is -0.0197. The van der Waals surface area contributed by atoms with Crippen molar-refractivity contribution >= 4 is 25.2 Å². The van der Waals surface area contributed by atoms with Crippen LogP contribution in [0.2, 0.25) is 0 Å². The van der Waals surface area contributed by atoms with E-state index in [4.69, 9.17) is 23.4 Å². The number of ether oxygens (including phenoxy) is 1. The molecular weight excluding hydrogens is 554 g/mol. The molecule has 3 aromatic rings. The predicted molar refractivity (Wildman–Crippen MR) is 174 cm³/mol. The van der Waals surface area contributed by atoms with Gasteiger partial charge in [0.1, 0.15) is 5.75 Å². The highest BCUT2D eigenvalue weighted by molar-refractivity contribution is 6.62. The monoisotopic (exact) mass is 598 g/mol. The van der Waals surface area contributed by atoms with E-state index >= 15 is 0 Å². The van der Waals surface area contributed by atoms with Gasteiger partial charge in [-0.3, -0.25) is 0 Å². The first kappa shape index (κ1) is 31.3. The average molecular weight is 598 g/mol. The van der Waals surface area contributed by atoms with Crippen molar-refractivity contribution in [2.75, 3.05) is 6.61 Å². The van der Waals surface area contributed by atoms with Crippen molar-refractivity contribution in [1.82, 2.24) is 0 Å². The topological polar surface area (TPSA) is 86.6 Å². The third-order valence-corrected chi connectivity index (χ3v) is 10.7. The fraction of sp³-hybridized carbons (Fsp3) is 0.486. The molecule has 2 saturated heterocycles. The number of rotatable bonds is 6. The maximum atomic E-state index is 10.8. The van der Waals surface area contributed by atoms with Crippen LogP contribution in [0.15, 0.2) is 54.6 Å². The Balaban J connectivity index is 1.52. The van der Waals surface area contributed by atoms with Crippen molar-refractivity contribution in [2.45, 2.75) is 103 Å². The van der Waals surface area contributed by atoms with Crippen molar-refractivity contribution in [3.05, 3.63) is 76.9 Å². The van der Waals surface area contributed by atoms with Crippen molar-refractivity contribution in [1.29, 1.82) is 0 Å². The van der Waals surface area contributed by atoms with Crippen molar-refractivity contribution < 1.29 is 33.6 Å². The standard InChI is InChI=1S/C35H44B2O7/c1-11-40-30(39)26-18-21(12-17-29(26)38)35(10)27-19-22(36-41-31(2,3)32(4,5)42-36)13-15-24(27)25-16-14-23(20-28(25)35)37-43-33(6,7)34(8,9)44-37/h12-20,30,38-39H,11H2,1-10H3. The summed E-state index contributed by atoms with van der Waals surface area (Å²) < 4.78 is 31.2. The number of phenolic OH excluding ortho intramolecular Hbond substituents is 1. The van der Waals surface area contributed by atoms with E-state index in [2.05, 4.69) is 98.7 Å². The fourth-order valence-electron chi connectivity index (χ4n) is 6.44. The van der Waals surface area contributed by atoms with E-state index in [0.29, 0.717) is 12.2 Å². The second-order valence-electron chi connectivity index (χ2n) is 14.5. The summed E-state index contributed by atoms with van der Waals surface area (Å²) >= 11 is 0. The van der Waals surface area contributed by atoms with E-state index in [0.717, 1.165) is 38.7 Å². The molecule has 0 bridgehead atoms. The molecule has 9 heteroatoms. The van der Waals surface area contributed by atoms with Gasteiger partial charge in [0, 0.05) is 17.6 Å². The minimum atomic E-state index is -1.25. The van der Waals surface area contributed by atoms with Crippen LogP contribution in [0, 0.1) is 0 Å². The molecule has 3 aromatic carbocycles. The molecular formula is C35H44B2O7. The minimum absolute atomic E-state index is 0.0197. The summed E-state index contributed by atoms with van der Waals surface area (Å²) in [5.41, 5.74) is 4.90. The smallest absolute Gasteiger partial charge is 0.494 e. The lowest BCUT2D eigenvalue weighted by atomic mass is 9.69. The van der Waals surface area contributed by atoms with Crippen molar-refractivity contribution in [3.8, 4) is 16.9 Å². The molecule has 1 unspecified atom stereocenters. The number of aliphatic hydroxyl groups is 1. The van der Waals surface area contributed by atoms with Gasteiger partial charge < -0.3 is 33.6 Å². The van der Waals surface area contributed by atoms with Crippen LogP contribution in [0.25, 0.3) is 11.1 Å². The third kappa shape index (κ3) is 4.67. The molecule has 44 heavy (non-hydrogen) atoms. The first-order chi connectivity index (χ1) is 20.4. The Morgan fingerprint density at radius 3 is 1.50 bits per heavy atom. The number of hydrogen-bond donors (Lipinski definition) is 2. The predicted octanol–water partition coefficient (Wildman–Crippen LogP) is 5.35. The second-order valence-corrected chi connectivity index (χ2v) is 14.5. The molecule has 232 valence electrons. The van der Waals surface area contributed by atoms with Gasteiger partial charge in [-0.25, -0.2) is 0 Å². The molecule has 2 aliphatic heterocycles. The fourth-order valence-corrected chi connectivity index (χ4v) is 6.44. The molecule has 3 aliphatic rings. The van der Waals surface area contributed by atoms with E-state index in [-0.39, 0.29) is 5.75 Å². The highest BCUT2D eigenvalue weighted by atomic mass is 16.7. The molecule has 2 fully saturated rings. The van der Waals surface area contributed by atoms with Gasteiger partial charge in [-0.2, -0.15) is 0 Å². The van der Waals surface area contributed by atoms with Crippen LogP contribution in [-0.4, -0.2) is 53.5 Å². The Bertz CT molecular complexity index is 1500. The maximum Gasteiger partial charge on any atom is 0.494 e. The molecule has 0 spiro atoms. The highest BCUT2D eigenvalue weighted by Crippen LogP contribution is 2.53. The lowest BCUT2D eigenvalue weighted by Crippen LogP contribution is -2.41. The molecule has 0 amide bonds. The first-order valence-electron chi connectivity index (χ1n) is 15.6. The van der Waals surface area contributed by atoms with E-state index in [1.165, 1.54) is 0 Å². The van der Waals surface area contributed by atoms with Crippen molar-refractivity contribution in [2.24, 2.45) is 0 Å². The summed E-state index contributed by atoms with van der Waals surface area (Å²) in [6.45, 7) is 20.7. The van der Waals surface area contributed by atoms with E-state index in [1.807, 2.05) is 19.1 Å². The minimum Gasteiger partial charge on any atom is -0.507 e. The van der Waals surface area contributed by atoms with Crippen LogP contribution < -0.4 is 10.9 Å². The van der Waals surface area contributed by atoms with Gasteiger partial charge in [0.2, 0.25) is 0 Å². The molecule has 2 N–H and O–H groups in total. The van der Waals surface area contributed by atoms with Gasteiger partial charge in [0.15, 0.2) is 6.29 Å². The first-order valence-corrected chi connectivity index (χ1v) is 15.6. The Labute approximate surface area is 262 Å². The number of hydrogen-bond acceptors (Lipinski definition) is 7. The zero-order chi connectivity index (χ0) is 32.0. The number of phenols is 1. The van der Waals surface area contributed by atoms with Gasteiger partial charge in [0.25, 0.3) is 0 Å². The summed E-state index contributed by atoms with van der Waals surface area (Å²) in [6.07, 6.45) is -1.25.